The fourth-order valence-electron chi connectivity index (χ4n) is 1.24. The van der Waals surface area contributed by atoms with Gasteiger partial charge in [0.2, 0.25) is 0 Å². The first-order chi connectivity index (χ1) is 6.33. The predicted octanol–water partition coefficient (Wildman–Crippen LogP) is 2.12. The summed E-state index contributed by atoms with van der Waals surface area (Å²) in [6.07, 6.45) is 4.30. The molecule has 0 bridgehead atoms. The van der Waals surface area contributed by atoms with Crippen molar-refractivity contribution in [3.05, 3.63) is 27.7 Å². The highest BCUT2D eigenvalue weighted by molar-refractivity contribution is 14.1. The van der Waals surface area contributed by atoms with E-state index in [1.54, 1.807) is 10.8 Å². The Bertz CT molecular complexity index is 426. The number of nitrogens with zero attached hydrogens (tertiary/aromatic N) is 3. The third-order valence-corrected chi connectivity index (χ3v) is 3.04. The minimum atomic E-state index is 0.614. The highest BCUT2D eigenvalue weighted by atomic mass is 127. The summed E-state index contributed by atoms with van der Waals surface area (Å²) in [5.41, 5.74) is 2.09. The van der Waals surface area contributed by atoms with E-state index in [9.17, 15) is 0 Å². The van der Waals surface area contributed by atoms with E-state index in [4.69, 9.17) is 11.6 Å². The van der Waals surface area contributed by atoms with Crippen LogP contribution in [0.3, 0.4) is 0 Å². The van der Waals surface area contributed by atoms with E-state index in [-0.39, 0.29) is 0 Å². The van der Waals surface area contributed by atoms with Crippen molar-refractivity contribution >= 4 is 39.8 Å². The molecule has 2 aromatic heterocycles. The molecule has 3 nitrogen and oxygen atoms in total. The Morgan fingerprint density at radius 1 is 1.54 bits per heavy atom. The second kappa shape index (κ2) is 3.79. The van der Waals surface area contributed by atoms with E-state index in [0.717, 1.165) is 12.1 Å². The smallest absolute Gasteiger partial charge is 0.159 e. The Morgan fingerprint density at radius 3 is 3.15 bits per heavy atom. The molecular formula is C8H7ClIN3. The molecule has 0 N–H and O–H groups in total. The van der Waals surface area contributed by atoms with Crippen molar-refractivity contribution < 1.29 is 0 Å². The van der Waals surface area contributed by atoms with Crippen molar-refractivity contribution in [2.24, 2.45) is 0 Å². The third kappa shape index (κ3) is 1.65. The number of hydrogen-bond acceptors (Lipinski definition) is 2. The van der Waals surface area contributed by atoms with E-state index in [1.165, 1.54) is 9.13 Å². The van der Waals surface area contributed by atoms with Crippen LogP contribution in [-0.4, -0.2) is 20.5 Å². The monoisotopic (exact) mass is 307 g/mol. The van der Waals surface area contributed by atoms with Gasteiger partial charge in [-0.1, -0.05) is 0 Å². The van der Waals surface area contributed by atoms with Gasteiger partial charge in [0.15, 0.2) is 5.65 Å². The first-order valence-corrected chi connectivity index (χ1v) is 5.47. The maximum atomic E-state index is 5.71. The van der Waals surface area contributed by atoms with Crippen molar-refractivity contribution in [2.75, 3.05) is 5.88 Å². The average Bonchev–Trinajstić information content (AvgIpc) is 2.58. The normalized spacial score (nSPS) is 10.9. The summed E-state index contributed by atoms with van der Waals surface area (Å²) < 4.78 is 2.96. The predicted molar refractivity (Wildman–Crippen MR) is 60.1 cm³/mol. The molecule has 0 amide bonds. The van der Waals surface area contributed by atoms with Crippen LogP contribution in [0.15, 0.2) is 18.6 Å². The number of rotatable bonds is 2. The van der Waals surface area contributed by atoms with Gasteiger partial charge in [-0.3, -0.25) is 0 Å². The van der Waals surface area contributed by atoms with Crippen molar-refractivity contribution in [2.45, 2.75) is 6.42 Å². The van der Waals surface area contributed by atoms with E-state index in [2.05, 4.69) is 32.7 Å². The molecular weight excluding hydrogens is 300 g/mol. The van der Waals surface area contributed by atoms with Crippen LogP contribution in [0.2, 0.25) is 0 Å². The molecule has 0 aliphatic carbocycles. The summed E-state index contributed by atoms with van der Waals surface area (Å²) in [5, 5.41) is 4.06. The Kier molecular flexibility index (Phi) is 2.69. The number of pyridine rings is 1. The topological polar surface area (TPSA) is 30.2 Å². The fourth-order valence-corrected chi connectivity index (χ4v) is 2.11. The standard InChI is InChI=1S/C8H7ClIN3/c9-3-1-6-7(10)2-4-13-8(6)11-5-12-13/h2,4-5H,1,3H2. The van der Waals surface area contributed by atoms with Crippen LogP contribution in [0.4, 0.5) is 0 Å². The summed E-state index contributed by atoms with van der Waals surface area (Å²) in [6, 6.07) is 2.02. The summed E-state index contributed by atoms with van der Waals surface area (Å²) >= 11 is 8.00. The molecule has 0 aromatic carbocycles. The molecule has 2 rings (SSSR count). The lowest BCUT2D eigenvalue weighted by atomic mass is 10.2. The number of alkyl halides is 1. The zero-order chi connectivity index (χ0) is 9.26. The van der Waals surface area contributed by atoms with Crippen LogP contribution in [0.1, 0.15) is 5.56 Å². The summed E-state index contributed by atoms with van der Waals surface area (Å²) in [5.74, 6) is 0.614. The van der Waals surface area contributed by atoms with Gasteiger partial charge in [0, 0.05) is 21.2 Å². The second-order valence-electron chi connectivity index (χ2n) is 2.61. The molecule has 2 aromatic rings. The van der Waals surface area contributed by atoms with E-state index >= 15 is 0 Å². The van der Waals surface area contributed by atoms with Gasteiger partial charge in [0.05, 0.1) is 0 Å². The third-order valence-electron chi connectivity index (χ3n) is 1.84. The van der Waals surface area contributed by atoms with Crippen molar-refractivity contribution in [1.82, 2.24) is 14.6 Å². The maximum absolute atomic E-state index is 5.71. The van der Waals surface area contributed by atoms with Gasteiger partial charge in [-0.2, -0.15) is 5.10 Å². The molecule has 68 valence electrons. The highest BCUT2D eigenvalue weighted by Crippen LogP contribution is 2.16. The minimum absolute atomic E-state index is 0.614. The highest BCUT2D eigenvalue weighted by Gasteiger charge is 2.06. The van der Waals surface area contributed by atoms with Crippen molar-refractivity contribution in [3.63, 3.8) is 0 Å². The molecule has 0 aliphatic heterocycles. The lowest BCUT2D eigenvalue weighted by Gasteiger charge is -2.02. The lowest BCUT2D eigenvalue weighted by Crippen LogP contribution is -1.97. The number of aromatic nitrogens is 3. The second-order valence-corrected chi connectivity index (χ2v) is 4.15. The molecule has 2 heterocycles. The molecule has 0 spiro atoms. The average molecular weight is 308 g/mol. The number of fused-ring (bicyclic) bond motifs is 1. The van der Waals surface area contributed by atoms with Crippen LogP contribution in [0.25, 0.3) is 5.65 Å². The molecule has 13 heavy (non-hydrogen) atoms. The Morgan fingerprint density at radius 2 is 2.38 bits per heavy atom. The van der Waals surface area contributed by atoms with E-state index in [0.29, 0.717) is 5.88 Å². The van der Waals surface area contributed by atoms with Gasteiger partial charge in [0.1, 0.15) is 6.33 Å². The summed E-state index contributed by atoms with van der Waals surface area (Å²) in [6.45, 7) is 0. The number of hydrogen-bond donors (Lipinski definition) is 0. The number of aryl methyl sites for hydroxylation is 1. The Hall–Kier alpha value is -0.360. The van der Waals surface area contributed by atoms with Gasteiger partial charge in [-0.05, 0) is 35.1 Å². The first kappa shape index (κ1) is 9.21. The quantitative estimate of drug-likeness (QED) is 0.628. The Labute approximate surface area is 94.3 Å². The SMILES string of the molecule is ClCCc1c(I)ccn2ncnc12. The van der Waals surface area contributed by atoms with Crippen LogP contribution in [-0.2, 0) is 6.42 Å². The molecule has 0 aliphatic rings. The lowest BCUT2D eigenvalue weighted by molar-refractivity contribution is 0.943. The maximum Gasteiger partial charge on any atom is 0.159 e. The molecule has 0 atom stereocenters. The fraction of sp³-hybridized carbons (Fsp3) is 0.250. The van der Waals surface area contributed by atoms with Gasteiger partial charge in [-0.25, -0.2) is 9.50 Å². The first-order valence-electron chi connectivity index (χ1n) is 3.85. The van der Waals surface area contributed by atoms with Gasteiger partial charge < -0.3 is 0 Å². The molecule has 0 saturated heterocycles. The summed E-state index contributed by atoms with van der Waals surface area (Å²) in [7, 11) is 0. The van der Waals surface area contributed by atoms with E-state index in [1.807, 2.05) is 12.3 Å². The largest absolute Gasteiger partial charge is 0.221 e. The zero-order valence-electron chi connectivity index (χ0n) is 6.74. The van der Waals surface area contributed by atoms with Crippen LogP contribution < -0.4 is 0 Å². The van der Waals surface area contributed by atoms with Crippen molar-refractivity contribution in [1.29, 1.82) is 0 Å². The molecule has 0 saturated carbocycles. The van der Waals surface area contributed by atoms with Crippen LogP contribution in [0, 0.1) is 3.57 Å². The minimum Gasteiger partial charge on any atom is -0.221 e. The summed E-state index contributed by atoms with van der Waals surface area (Å²) in [4.78, 5) is 4.19. The Balaban J connectivity index is 2.66. The van der Waals surface area contributed by atoms with E-state index < -0.39 is 0 Å². The molecule has 0 radical (unpaired) electrons. The van der Waals surface area contributed by atoms with Crippen molar-refractivity contribution in [3.8, 4) is 0 Å². The zero-order valence-corrected chi connectivity index (χ0v) is 9.66. The number of halogens is 2. The van der Waals surface area contributed by atoms with Gasteiger partial charge in [0.25, 0.3) is 0 Å². The van der Waals surface area contributed by atoms with Crippen LogP contribution in [0.5, 0.6) is 0 Å². The van der Waals surface area contributed by atoms with Crippen LogP contribution >= 0.6 is 34.2 Å². The molecule has 0 unspecified atom stereocenters. The van der Waals surface area contributed by atoms with Gasteiger partial charge in [-0.15, -0.1) is 11.6 Å². The molecule has 0 fully saturated rings. The van der Waals surface area contributed by atoms with Gasteiger partial charge >= 0.3 is 0 Å². The molecule has 5 heteroatoms.